The van der Waals surface area contributed by atoms with Gasteiger partial charge in [-0.15, -0.1) is 0 Å². The highest BCUT2D eigenvalue weighted by molar-refractivity contribution is 9.10. The predicted octanol–water partition coefficient (Wildman–Crippen LogP) is 2.53. The van der Waals surface area contributed by atoms with Crippen LogP contribution in [0.5, 0.6) is 5.75 Å². The highest BCUT2D eigenvalue weighted by atomic mass is 79.9. The molecule has 0 aliphatic carbocycles. The van der Waals surface area contributed by atoms with Crippen LogP contribution in [0.2, 0.25) is 0 Å². The number of halogens is 1. The summed E-state index contributed by atoms with van der Waals surface area (Å²) < 4.78 is 6.66. The van der Waals surface area contributed by atoms with Gasteiger partial charge in [0.25, 0.3) is 5.91 Å². The second kappa shape index (κ2) is 6.22. The first-order chi connectivity index (χ1) is 10.2. The van der Waals surface area contributed by atoms with E-state index < -0.39 is 0 Å². The summed E-state index contributed by atoms with van der Waals surface area (Å²) in [7, 11) is 0. The highest BCUT2D eigenvalue weighted by Crippen LogP contribution is 2.20. The van der Waals surface area contributed by atoms with E-state index in [-0.39, 0.29) is 12.0 Å². The molecular weight excluding hydrogens is 334 g/mol. The molecule has 6 heteroatoms. The van der Waals surface area contributed by atoms with E-state index >= 15 is 0 Å². The van der Waals surface area contributed by atoms with Crippen molar-refractivity contribution in [2.45, 2.75) is 12.5 Å². The van der Waals surface area contributed by atoms with E-state index in [0.29, 0.717) is 18.7 Å². The first-order valence-electron chi connectivity index (χ1n) is 6.69. The minimum atomic E-state index is -0.00960. The van der Waals surface area contributed by atoms with Crippen molar-refractivity contribution in [1.29, 1.82) is 0 Å². The van der Waals surface area contributed by atoms with Crippen LogP contribution in [0, 0.1) is 0 Å². The Balaban J connectivity index is 1.63. The monoisotopic (exact) mass is 347 g/mol. The van der Waals surface area contributed by atoms with Crippen molar-refractivity contribution in [3.05, 3.63) is 53.0 Å². The van der Waals surface area contributed by atoms with E-state index in [4.69, 9.17) is 4.74 Å². The zero-order valence-corrected chi connectivity index (χ0v) is 12.9. The summed E-state index contributed by atoms with van der Waals surface area (Å²) in [6.07, 6.45) is 7.49. The Bertz CT molecular complexity index is 636. The van der Waals surface area contributed by atoms with Gasteiger partial charge in [-0.2, -0.15) is 0 Å². The molecule has 0 aromatic carbocycles. The van der Waals surface area contributed by atoms with Crippen molar-refractivity contribution < 1.29 is 9.53 Å². The zero-order valence-electron chi connectivity index (χ0n) is 11.3. The van der Waals surface area contributed by atoms with Gasteiger partial charge in [-0.25, -0.2) is 0 Å². The largest absolute Gasteiger partial charge is 0.488 e. The van der Waals surface area contributed by atoms with Crippen LogP contribution in [0.4, 0.5) is 0 Å². The molecule has 1 aliphatic rings. The number of likely N-dealkylation sites (tertiary alicyclic amines) is 1. The molecule has 21 heavy (non-hydrogen) atoms. The lowest BCUT2D eigenvalue weighted by atomic mass is 10.2. The summed E-state index contributed by atoms with van der Waals surface area (Å²) in [6, 6.07) is 5.43. The molecule has 3 heterocycles. The van der Waals surface area contributed by atoms with Crippen molar-refractivity contribution in [2.24, 2.45) is 0 Å². The minimum absolute atomic E-state index is 0.00960. The smallest absolute Gasteiger partial charge is 0.255 e. The molecular formula is C15H14BrN3O2. The Hall–Kier alpha value is -1.95. The molecule has 2 aromatic rings. The number of rotatable bonds is 3. The van der Waals surface area contributed by atoms with E-state index in [1.54, 1.807) is 35.8 Å². The molecule has 1 fully saturated rings. The van der Waals surface area contributed by atoms with Gasteiger partial charge in [0.2, 0.25) is 0 Å². The molecule has 108 valence electrons. The molecule has 2 aromatic heterocycles. The molecule has 1 aliphatic heterocycles. The third-order valence-corrected chi connectivity index (χ3v) is 3.77. The maximum atomic E-state index is 12.4. The summed E-state index contributed by atoms with van der Waals surface area (Å²) in [5.74, 6) is 0.776. The van der Waals surface area contributed by atoms with E-state index in [2.05, 4.69) is 25.9 Å². The number of hydrogen-bond donors (Lipinski definition) is 0. The Morgan fingerprint density at radius 1 is 1.29 bits per heavy atom. The number of ether oxygens (including phenoxy) is 1. The molecule has 3 rings (SSSR count). The maximum Gasteiger partial charge on any atom is 0.255 e. The van der Waals surface area contributed by atoms with Gasteiger partial charge < -0.3 is 9.64 Å². The fraction of sp³-hybridized carbons (Fsp3) is 0.267. The van der Waals surface area contributed by atoms with E-state index in [0.717, 1.165) is 16.6 Å². The van der Waals surface area contributed by atoms with Crippen LogP contribution in [-0.4, -0.2) is 40.0 Å². The van der Waals surface area contributed by atoms with Gasteiger partial charge in [0.15, 0.2) is 0 Å². The maximum absolute atomic E-state index is 12.4. The van der Waals surface area contributed by atoms with E-state index in [9.17, 15) is 4.79 Å². The molecule has 0 N–H and O–H groups in total. The van der Waals surface area contributed by atoms with Crippen molar-refractivity contribution in [3.8, 4) is 5.75 Å². The van der Waals surface area contributed by atoms with Crippen LogP contribution in [0.15, 0.2) is 47.5 Å². The molecule has 0 spiro atoms. The third-order valence-electron chi connectivity index (χ3n) is 3.34. The lowest BCUT2D eigenvalue weighted by Crippen LogP contribution is -2.31. The van der Waals surface area contributed by atoms with Crippen molar-refractivity contribution in [3.63, 3.8) is 0 Å². The molecule has 1 saturated heterocycles. The number of amides is 1. The summed E-state index contributed by atoms with van der Waals surface area (Å²) in [4.78, 5) is 22.2. The van der Waals surface area contributed by atoms with E-state index in [1.807, 2.05) is 12.1 Å². The SMILES string of the molecule is O=C(c1cncc(Br)c1)N1CC[C@H](Oc2ccncc2)C1. The second-order valence-corrected chi connectivity index (χ2v) is 5.77. The lowest BCUT2D eigenvalue weighted by Gasteiger charge is -2.17. The fourth-order valence-corrected chi connectivity index (χ4v) is 2.69. The fourth-order valence-electron chi connectivity index (χ4n) is 2.33. The molecule has 0 radical (unpaired) electrons. The van der Waals surface area contributed by atoms with Gasteiger partial charge in [0.1, 0.15) is 11.9 Å². The van der Waals surface area contributed by atoms with Crippen LogP contribution in [0.1, 0.15) is 16.8 Å². The Morgan fingerprint density at radius 3 is 2.86 bits per heavy atom. The summed E-state index contributed by atoms with van der Waals surface area (Å²) in [5, 5.41) is 0. The number of carbonyl (C=O) groups is 1. The average molecular weight is 348 g/mol. The molecule has 1 amide bonds. The summed E-state index contributed by atoms with van der Waals surface area (Å²) >= 11 is 3.33. The molecule has 0 unspecified atom stereocenters. The molecule has 0 saturated carbocycles. The van der Waals surface area contributed by atoms with Gasteiger partial charge in [0.05, 0.1) is 12.1 Å². The first-order valence-corrected chi connectivity index (χ1v) is 7.48. The Labute approximate surface area is 131 Å². The van der Waals surface area contributed by atoms with Crippen LogP contribution < -0.4 is 4.74 Å². The van der Waals surface area contributed by atoms with Crippen molar-refractivity contribution in [1.82, 2.24) is 14.9 Å². The van der Waals surface area contributed by atoms with Crippen LogP contribution in [-0.2, 0) is 0 Å². The lowest BCUT2D eigenvalue weighted by molar-refractivity contribution is 0.0772. The van der Waals surface area contributed by atoms with Crippen LogP contribution >= 0.6 is 15.9 Å². The Kier molecular flexibility index (Phi) is 4.15. The number of hydrogen-bond acceptors (Lipinski definition) is 4. The van der Waals surface area contributed by atoms with Crippen LogP contribution in [0.3, 0.4) is 0 Å². The van der Waals surface area contributed by atoms with Crippen molar-refractivity contribution >= 4 is 21.8 Å². The number of carbonyl (C=O) groups excluding carboxylic acids is 1. The minimum Gasteiger partial charge on any atom is -0.488 e. The van der Waals surface area contributed by atoms with Gasteiger partial charge >= 0.3 is 0 Å². The average Bonchev–Trinajstić information content (AvgIpc) is 2.96. The summed E-state index contributed by atoms with van der Waals surface area (Å²) in [6.45, 7) is 1.29. The number of nitrogens with zero attached hydrogens (tertiary/aromatic N) is 3. The van der Waals surface area contributed by atoms with Gasteiger partial charge in [0, 0.05) is 42.2 Å². The van der Waals surface area contributed by atoms with Crippen LogP contribution in [0.25, 0.3) is 0 Å². The Morgan fingerprint density at radius 2 is 2.10 bits per heavy atom. The normalized spacial score (nSPS) is 17.8. The third kappa shape index (κ3) is 3.39. The quantitative estimate of drug-likeness (QED) is 0.855. The predicted molar refractivity (Wildman–Crippen MR) is 81.1 cm³/mol. The summed E-state index contributed by atoms with van der Waals surface area (Å²) in [5.41, 5.74) is 0.592. The molecule has 0 bridgehead atoms. The number of aromatic nitrogens is 2. The molecule has 5 nitrogen and oxygen atoms in total. The second-order valence-electron chi connectivity index (χ2n) is 4.85. The number of pyridine rings is 2. The first kappa shape index (κ1) is 14.0. The van der Waals surface area contributed by atoms with Gasteiger partial charge in [-0.1, -0.05) is 0 Å². The van der Waals surface area contributed by atoms with E-state index in [1.165, 1.54) is 0 Å². The topological polar surface area (TPSA) is 55.3 Å². The van der Waals surface area contributed by atoms with Crippen molar-refractivity contribution in [2.75, 3.05) is 13.1 Å². The zero-order chi connectivity index (χ0) is 14.7. The highest BCUT2D eigenvalue weighted by Gasteiger charge is 2.28. The van der Waals surface area contributed by atoms with Gasteiger partial charge in [-0.05, 0) is 34.1 Å². The van der Waals surface area contributed by atoms with Gasteiger partial charge in [-0.3, -0.25) is 14.8 Å². The molecule has 1 atom stereocenters. The standard InChI is InChI=1S/C15H14BrN3O2/c16-12-7-11(8-18-9-12)15(20)19-6-3-14(10-19)21-13-1-4-17-5-2-13/h1-2,4-5,7-9,14H,3,6,10H2/t14-/m0/s1.